The van der Waals surface area contributed by atoms with E-state index >= 15 is 0 Å². The summed E-state index contributed by atoms with van der Waals surface area (Å²) in [6, 6.07) is 11.7. The molecule has 1 fully saturated rings. The van der Waals surface area contributed by atoms with Crippen molar-refractivity contribution in [1.29, 1.82) is 0 Å². The van der Waals surface area contributed by atoms with Crippen LogP contribution in [0.4, 0.5) is 0 Å². The number of nitrogens with zero attached hydrogens (tertiary/aromatic N) is 1. The number of carbonyl (C=O) groups is 1. The summed E-state index contributed by atoms with van der Waals surface area (Å²) >= 11 is 0. The molecule has 6 heteroatoms. The highest BCUT2D eigenvalue weighted by molar-refractivity contribution is 5.74. The minimum absolute atomic E-state index is 0.388. The van der Waals surface area contributed by atoms with Gasteiger partial charge < -0.3 is 19.3 Å². The number of fused-ring (bicyclic) bond motifs is 1. The average Bonchev–Trinajstić information content (AvgIpc) is 3.26. The molecule has 0 amide bonds. The number of aryl methyl sites for hydroxylation is 1. The molecule has 0 aromatic heterocycles. The van der Waals surface area contributed by atoms with Gasteiger partial charge in [0.1, 0.15) is 36.5 Å². The first kappa shape index (κ1) is 22.2. The first-order valence-corrected chi connectivity index (χ1v) is 11.3. The summed E-state index contributed by atoms with van der Waals surface area (Å²) in [5, 5.41) is 9.39. The Morgan fingerprint density at radius 2 is 2.12 bits per heavy atom. The number of methoxy groups -OCH3 is 1. The summed E-state index contributed by atoms with van der Waals surface area (Å²) in [7, 11) is 1.69. The van der Waals surface area contributed by atoms with Gasteiger partial charge in [0.2, 0.25) is 0 Å². The molecule has 6 nitrogen and oxygen atoms in total. The van der Waals surface area contributed by atoms with E-state index in [4.69, 9.17) is 14.2 Å². The summed E-state index contributed by atoms with van der Waals surface area (Å²) in [6.45, 7) is 4.49. The van der Waals surface area contributed by atoms with Gasteiger partial charge in [0.25, 0.3) is 0 Å². The minimum Gasteiger partial charge on any atom is -0.496 e. The highest BCUT2D eigenvalue weighted by atomic mass is 16.5. The molecule has 0 spiro atoms. The van der Waals surface area contributed by atoms with Crippen LogP contribution in [0.15, 0.2) is 42.0 Å². The number of carboxylic acids is 1. The van der Waals surface area contributed by atoms with Crippen LogP contribution in [0, 0.1) is 0 Å². The Bertz CT molecular complexity index is 1000. The van der Waals surface area contributed by atoms with E-state index in [1.807, 2.05) is 23.1 Å². The van der Waals surface area contributed by atoms with Crippen molar-refractivity contribution in [3.63, 3.8) is 0 Å². The number of likely N-dealkylation sites (tertiary alicyclic amines) is 1. The van der Waals surface area contributed by atoms with E-state index in [2.05, 4.69) is 31.2 Å². The molecule has 1 unspecified atom stereocenters. The lowest BCUT2D eigenvalue weighted by Crippen LogP contribution is -2.38. The molecule has 1 atom stereocenters. The number of hydrogen-bond donors (Lipinski definition) is 1. The molecule has 4 rings (SSSR count). The molecule has 2 aromatic rings. The Kier molecular flexibility index (Phi) is 7.00. The van der Waals surface area contributed by atoms with Gasteiger partial charge in [-0.1, -0.05) is 25.5 Å². The van der Waals surface area contributed by atoms with Gasteiger partial charge >= 0.3 is 5.97 Å². The molecule has 0 saturated carbocycles. The summed E-state index contributed by atoms with van der Waals surface area (Å²) in [5.74, 6) is 1.64. The fourth-order valence-electron chi connectivity index (χ4n) is 4.44. The van der Waals surface area contributed by atoms with Gasteiger partial charge in [-0.15, -0.1) is 0 Å². The number of aliphatic carboxylic acids is 1. The van der Waals surface area contributed by atoms with Crippen LogP contribution >= 0.6 is 0 Å². The molecule has 0 aliphatic carbocycles. The van der Waals surface area contributed by atoms with Gasteiger partial charge in [-0.3, -0.25) is 9.69 Å². The van der Waals surface area contributed by atoms with Crippen LogP contribution in [0.2, 0.25) is 0 Å². The van der Waals surface area contributed by atoms with Crippen LogP contribution < -0.4 is 14.2 Å². The molecular formula is C26H31NO5. The van der Waals surface area contributed by atoms with E-state index < -0.39 is 5.97 Å². The van der Waals surface area contributed by atoms with Crippen LogP contribution in [0.1, 0.15) is 42.9 Å². The van der Waals surface area contributed by atoms with Crippen LogP contribution in [-0.2, 0) is 17.8 Å². The molecule has 0 radical (unpaired) electrons. The largest absolute Gasteiger partial charge is 0.496 e. The van der Waals surface area contributed by atoms with Gasteiger partial charge in [-0.25, -0.2) is 0 Å². The first-order chi connectivity index (χ1) is 15.6. The van der Waals surface area contributed by atoms with Crippen LogP contribution in [0.25, 0.3) is 6.08 Å². The molecular weight excluding hydrogens is 406 g/mol. The van der Waals surface area contributed by atoms with Crippen molar-refractivity contribution < 1.29 is 24.1 Å². The summed E-state index contributed by atoms with van der Waals surface area (Å²) in [4.78, 5) is 13.5. The second kappa shape index (κ2) is 10.1. The molecule has 32 heavy (non-hydrogen) atoms. The van der Waals surface area contributed by atoms with E-state index in [1.165, 1.54) is 5.56 Å². The van der Waals surface area contributed by atoms with E-state index in [9.17, 15) is 9.90 Å². The van der Waals surface area contributed by atoms with Gasteiger partial charge in [0, 0.05) is 23.7 Å². The molecule has 2 aromatic carbocycles. The fourth-order valence-corrected chi connectivity index (χ4v) is 4.44. The fraction of sp³-hybridized carbons (Fsp3) is 0.423. The highest BCUT2D eigenvalue weighted by Gasteiger charge is 2.31. The number of hydrogen-bond acceptors (Lipinski definition) is 5. The zero-order valence-corrected chi connectivity index (χ0v) is 18.8. The molecule has 2 aliphatic heterocycles. The minimum atomic E-state index is -0.737. The Labute approximate surface area is 189 Å². The monoisotopic (exact) mass is 437 g/mol. The lowest BCUT2D eigenvalue weighted by Gasteiger charge is -2.25. The molecule has 2 heterocycles. The number of ether oxygens (including phenoxy) is 3. The van der Waals surface area contributed by atoms with E-state index in [0.29, 0.717) is 26.2 Å². The van der Waals surface area contributed by atoms with Crippen LogP contribution in [0.3, 0.4) is 0 Å². The van der Waals surface area contributed by atoms with E-state index in [-0.39, 0.29) is 6.04 Å². The maximum Gasteiger partial charge on any atom is 0.320 e. The Morgan fingerprint density at radius 1 is 1.25 bits per heavy atom. The van der Waals surface area contributed by atoms with Crippen molar-refractivity contribution in [2.75, 3.05) is 26.8 Å². The number of rotatable bonds is 9. The Morgan fingerprint density at radius 3 is 2.91 bits per heavy atom. The maximum absolute atomic E-state index is 11.4. The number of carboxylic acid groups (broad SMARTS) is 1. The van der Waals surface area contributed by atoms with Crippen molar-refractivity contribution in [1.82, 2.24) is 4.90 Å². The Hall–Kier alpha value is -2.99. The third kappa shape index (κ3) is 5.07. The maximum atomic E-state index is 11.4. The molecule has 1 N–H and O–H groups in total. The van der Waals surface area contributed by atoms with Crippen LogP contribution in [-0.4, -0.2) is 48.8 Å². The van der Waals surface area contributed by atoms with Crippen molar-refractivity contribution >= 4 is 12.0 Å². The smallest absolute Gasteiger partial charge is 0.320 e. The summed E-state index contributed by atoms with van der Waals surface area (Å²) in [5.41, 5.74) is 4.36. The second-order valence-corrected chi connectivity index (χ2v) is 8.44. The second-order valence-electron chi connectivity index (χ2n) is 8.44. The van der Waals surface area contributed by atoms with Gasteiger partial charge in [0.15, 0.2) is 0 Å². The van der Waals surface area contributed by atoms with Gasteiger partial charge in [-0.2, -0.15) is 0 Å². The van der Waals surface area contributed by atoms with Gasteiger partial charge in [0.05, 0.1) is 7.11 Å². The topological polar surface area (TPSA) is 68.2 Å². The van der Waals surface area contributed by atoms with Crippen molar-refractivity contribution in [2.45, 2.75) is 45.3 Å². The molecule has 2 aliphatic rings. The normalized spacial score (nSPS) is 17.9. The van der Waals surface area contributed by atoms with Crippen molar-refractivity contribution in [3.8, 4) is 17.2 Å². The SMILES string of the molecule is CCCc1ccc(COc2ccc3c(c2)OCC(CN2CCCC2C(=O)O)=C3)c(OC)c1. The first-order valence-electron chi connectivity index (χ1n) is 11.3. The predicted octanol–water partition coefficient (Wildman–Crippen LogP) is 4.55. The van der Waals surface area contributed by atoms with Crippen LogP contribution in [0.5, 0.6) is 17.2 Å². The summed E-state index contributed by atoms with van der Waals surface area (Å²) < 4.78 is 17.5. The number of benzene rings is 2. The third-order valence-electron chi connectivity index (χ3n) is 6.10. The highest BCUT2D eigenvalue weighted by Crippen LogP contribution is 2.32. The van der Waals surface area contributed by atoms with Crippen molar-refractivity contribution in [3.05, 3.63) is 58.7 Å². The van der Waals surface area contributed by atoms with Crippen molar-refractivity contribution in [2.24, 2.45) is 0 Å². The molecule has 0 bridgehead atoms. The molecule has 170 valence electrons. The lowest BCUT2D eigenvalue weighted by atomic mass is 10.1. The summed E-state index contributed by atoms with van der Waals surface area (Å²) in [6.07, 6.45) is 5.88. The Balaban J connectivity index is 1.40. The zero-order valence-electron chi connectivity index (χ0n) is 18.8. The predicted molar refractivity (Wildman–Crippen MR) is 123 cm³/mol. The lowest BCUT2D eigenvalue weighted by molar-refractivity contribution is -0.142. The quantitative estimate of drug-likeness (QED) is 0.621. The zero-order chi connectivity index (χ0) is 22.5. The van der Waals surface area contributed by atoms with Gasteiger partial charge in [-0.05, 0) is 61.2 Å². The standard InChI is InChI=1S/C26H31NO5/c1-3-5-18-7-8-21(24(13-18)30-2)17-31-22-10-9-20-12-19(16-32-25(20)14-22)15-27-11-4-6-23(27)26(28)29/h7-10,12-14,23H,3-6,11,15-17H2,1-2H3,(H,28,29). The third-order valence-corrected chi connectivity index (χ3v) is 6.10. The molecule has 1 saturated heterocycles. The average molecular weight is 438 g/mol. The van der Waals surface area contributed by atoms with E-state index in [1.54, 1.807) is 7.11 Å². The van der Waals surface area contributed by atoms with E-state index in [0.717, 1.165) is 59.8 Å².